The lowest BCUT2D eigenvalue weighted by atomic mass is 9.95. The van der Waals surface area contributed by atoms with E-state index >= 15 is 0 Å². The number of carbonyl (C=O) groups is 2. The number of hydrogen-bond donors (Lipinski definition) is 1. The Morgan fingerprint density at radius 3 is 2.65 bits per heavy atom. The van der Waals surface area contributed by atoms with Crippen LogP contribution in [-0.2, 0) is 16.8 Å². The van der Waals surface area contributed by atoms with E-state index in [9.17, 15) is 9.59 Å². The number of nitrogens with zero attached hydrogens (tertiary/aromatic N) is 1. The molecule has 1 heterocycles. The second-order valence-electron chi connectivity index (χ2n) is 5.18. The Morgan fingerprint density at radius 2 is 2.06 bits per heavy atom. The molecular weight excluding hydrogens is 216 g/mol. The molecule has 0 aromatic carbocycles. The van der Waals surface area contributed by atoms with Crippen LogP contribution >= 0.6 is 0 Å². The van der Waals surface area contributed by atoms with Gasteiger partial charge in [0.2, 0.25) is 5.91 Å². The summed E-state index contributed by atoms with van der Waals surface area (Å²) >= 11 is 0. The topological polar surface area (TPSA) is 65.1 Å². The van der Waals surface area contributed by atoms with Crippen LogP contribution in [0.15, 0.2) is 6.07 Å². The summed E-state index contributed by atoms with van der Waals surface area (Å²) in [7, 11) is 0. The number of primary amides is 1. The molecule has 0 aliphatic heterocycles. The summed E-state index contributed by atoms with van der Waals surface area (Å²) in [6, 6.07) is 1.88. The number of aryl methyl sites for hydroxylation is 1. The predicted octanol–water partition coefficient (Wildman–Crippen LogP) is 1.54. The highest BCUT2D eigenvalue weighted by molar-refractivity contribution is 5.98. The Labute approximate surface area is 101 Å². The van der Waals surface area contributed by atoms with Crippen molar-refractivity contribution in [2.45, 2.75) is 45.6 Å². The number of amides is 1. The Kier molecular flexibility index (Phi) is 2.60. The van der Waals surface area contributed by atoms with Crippen LogP contribution in [0.2, 0.25) is 0 Å². The maximum atomic E-state index is 11.8. The van der Waals surface area contributed by atoms with E-state index in [0.29, 0.717) is 6.42 Å². The highest BCUT2D eigenvalue weighted by Gasteiger charge is 2.33. The second kappa shape index (κ2) is 3.72. The molecule has 2 N–H and O–H groups in total. The molecule has 0 saturated heterocycles. The van der Waals surface area contributed by atoms with Crippen molar-refractivity contribution in [3.8, 4) is 0 Å². The summed E-state index contributed by atoms with van der Waals surface area (Å²) in [6.07, 6.45) is 2.29. The number of ketones is 1. The van der Waals surface area contributed by atoms with Gasteiger partial charge in [0, 0.05) is 23.4 Å². The van der Waals surface area contributed by atoms with Crippen molar-refractivity contribution in [2.75, 3.05) is 0 Å². The average Bonchev–Trinajstić information content (AvgIpc) is 2.56. The van der Waals surface area contributed by atoms with Crippen LogP contribution in [0.1, 0.15) is 48.4 Å². The van der Waals surface area contributed by atoms with E-state index in [4.69, 9.17) is 5.73 Å². The van der Waals surface area contributed by atoms with Crippen molar-refractivity contribution in [3.05, 3.63) is 23.0 Å². The third-order valence-electron chi connectivity index (χ3n) is 3.57. The molecule has 4 nitrogen and oxygen atoms in total. The van der Waals surface area contributed by atoms with Crippen molar-refractivity contribution >= 4 is 11.7 Å². The molecule has 0 bridgehead atoms. The lowest BCUT2D eigenvalue weighted by Crippen LogP contribution is -2.42. The first-order valence-electron chi connectivity index (χ1n) is 5.90. The van der Waals surface area contributed by atoms with Crippen LogP contribution in [0.5, 0.6) is 0 Å². The van der Waals surface area contributed by atoms with Gasteiger partial charge in [-0.1, -0.05) is 0 Å². The number of rotatable bonds is 2. The fourth-order valence-corrected chi connectivity index (χ4v) is 2.62. The van der Waals surface area contributed by atoms with Crippen molar-refractivity contribution in [2.24, 2.45) is 5.73 Å². The van der Waals surface area contributed by atoms with Crippen LogP contribution in [-0.4, -0.2) is 16.3 Å². The average molecular weight is 234 g/mol. The van der Waals surface area contributed by atoms with Crippen molar-refractivity contribution in [3.63, 3.8) is 0 Å². The van der Waals surface area contributed by atoms with Crippen molar-refractivity contribution in [1.82, 2.24) is 4.57 Å². The Morgan fingerprint density at radius 1 is 1.41 bits per heavy atom. The van der Waals surface area contributed by atoms with Crippen LogP contribution < -0.4 is 5.73 Å². The standard InChI is InChI=1S/C13H18N2O2/c1-8-7-9-10(5-4-6-11(9)16)15(8)13(2,3)12(14)17/h7H,4-6H2,1-3H3,(H2,14,17). The number of carbonyl (C=O) groups excluding carboxylic acids is 2. The van der Waals surface area contributed by atoms with Crippen LogP contribution in [0.25, 0.3) is 0 Å². The second-order valence-corrected chi connectivity index (χ2v) is 5.18. The van der Waals surface area contributed by atoms with Crippen LogP contribution in [0.3, 0.4) is 0 Å². The predicted molar refractivity (Wildman–Crippen MR) is 65.0 cm³/mol. The molecule has 17 heavy (non-hydrogen) atoms. The summed E-state index contributed by atoms with van der Waals surface area (Å²) in [4.78, 5) is 23.4. The van der Waals surface area contributed by atoms with Gasteiger partial charge in [0.15, 0.2) is 5.78 Å². The van der Waals surface area contributed by atoms with Crippen LogP contribution in [0.4, 0.5) is 0 Å². The van der Waals surface area contributed by atoms with Gasteiger partial charge in [-0.15, -0.1) is 0 Å². The molecule has 1 aromatic heterocycles. The molecule has 0 atom stereocenters. The van der Waals surface area contributed by atoms with E-state index in [2.05, 4.69) is 0 Å². The number of fused-ring (bicyclic) bond motifs is 1. The van der Waals surface area contributed by atoms with Gasteiger partial charge in [0.25, 0.3) is 0 Å². The Hall–Kier alpha value is -1.58. The highest BCUT2D eigenvalue weighted by atomic mass is 16.1. The summed E-state index contributed by atoms with van der Waals surface area (Å²) in [5.41, 5.74) is 7.32. The monoisotopic (exact) mass is 234 g/mol. The molecule has 0 spiro atoms. The van der Waals surface area contributed by atoms with E-state index in [-0.39, 0.29) is 11.7 Å². The molecule has 4 heteroatoms. The van der Waals surface area contributed by atoms with Gasteiger partial charge in [-0.2, -0.15) is 0 Å². The molecule has 0 unspecified atom stereocenters. The molecule has 92 valence electrons. The lowest BCUT2D eigenvalue weighted by Gasteiger charge is -2.28. The van der Waals surface area contributed by atoms with E-state index in [0.717, 1.165) is 29.8 Å². The number of Topliss-reactive ketones (excluding diaryl/α,β-unsaturated/α-hetero) is 1. The number of nitrogens with two attached hydrogens (primary N) is 1. The van der Waals surface area contributed by atoms with Gasteiger partial charge in [-0.3, -0.25) is 9.59 Å². The largest absolute Gasteiger partial charge is 0.368 e. The lowest BCUT2D eigenvalue weighted by molar-refractivity contribution is -0.125. The molecular formula is C13H18N2O2. The normalized spacial score (nSPS) is 15.8. The quantitative estimate of drug-likeness (QED) is 0.843. The van der Waals surface area contributed by atoms with E-state index < -0.39 is 5.54 Å². The van der Waals surface area contributed by atoms with Gasteiger partial charge in [-0.25, -0.2) is 0 Å². The van der Waals surface area contributed by atoms with Gasteiger partial charge in [0.1, 0.15) is 5.54 Å². The molecule has 0 radical (unpaired) electrons. The SMILES string of the molecule is Cc1cc2c(n1C(C)(C)C(N)=O)CCCC2=O. The zero-order valence-electron chi connectivity index (χ0n) is 10.5. The van der Waals surface area contributed by atoms with Crippen molar-refractivity contribution in [1.29, 1.82) is 0 Å². The first-order chi connectivity index (χ1) is 7.85. The minimum absolute atomic E-state index is 0.174. The van der Waals surface area contributed by atoms with E-state index in [1.165, 1.54) is 0 Å². The van der Waals surface area contributed by atoms with Gasteiger partial charge >= 0.3 is 0 Å². The summed E-state index contributed by atoms with van der Waals surface area (Å²) < 4.78 is 1.92. The third-order valence-corrected chi connectivity index (χ3v) is 3.57. The maximum Gasteiger partial charge on any atom is 0.243 e. The van der Waals surface area contributed by atoms with E-state index in [1.807, 2.05) is 17.6 Å². The summed E-state index contributed by atoms with van der Waals surface area (Å²) in [6.45, 7) is 5.50. The van der Waals surface area contributed by atoms with E-state index in [1.54, 1.807) is 13.8 Å². The summed E-state index contributed by atoms with van der Waals surface area (Å²) in [5.74, 6) is -0.203. The maximum absolute atomic E-state index is 11.8. The zero-order chi connectivity index (χ0) is 12.8. The number of hydrogen-bond acceptors (Lipinski definition) is 2. The minimum Gasteiger partial charge on any atom is -0.368 e. The Bertz CT molecular complexity index is 498. The Balaban J connectivity index is 2.63. The number of aromatic nitrogens is 1. The molecule has 0 saturated carbocycles. The fraction of sp³-hybridized carbons (Fsp3) is 0.538. The molecule has 0 fully saturated rings. The first kappa shape index (κ1) is 11.9. The highest BCUT2D eigenvalue weighted by Crippen LogP contribution is 2.30. The zero-order valence-corrected chi connectivity index (χ0v) is 10.5. The summed E-state index contributed by atoms with van der Waals surface area (Å²) in [5, 5.41) is 0. The van der Waals surface area contributed by atoms with Gasteiger partial charge < -0.3 is 10.3 Å². The van der Waals surface area contributed by atoms with Gasteiger partial charge in [0.05, 0.1) is 0 Å². The molecule has 2 rings (SSSR count). The molecule has 1 aliphatic carbocycles. The molecule has 1 aromatic rings. The van der Waals surface area contributed by atoms with Gasteiger partial charge in [-0.05, 0) is 39.7 Å². The third kappa shape index (κ3) is 1.68. The first-order valence-corrected chi connectivity index (χ1v) is 5.90. The molecule has 1 amide bonds. The minimum atomic E-state index is -0.782. The fourth-order valence-electron chi connectivity index (χ4n) is 2.62. The van der Waals surface area contributed by atoms with Crippen molar-refractivity contribution < 1.29 is 9.59 Å². The van der Waals surface area contributed by atoms with Crippen LogP contribution in [0, 0.1) is 6.92 Å². The molecule has 1 aliphatic rings. The smallest absolute Gasteiger partial charge is 0.243 e.